The number of benzene rings is 1. The molecule has 1 aliphatic heterocycles. The first-order chi connectivity index (χ1) is 7.84. The van der Waals surface area contributed by atoms with Crippen LogP contribution < -0.4 is 5.73 Å². The predicted molar refractivity (Wildman–Crippen MR) is 66.3 cm³/mol. The van der Waals surface area contributed by atoms with Crippen LogP contribution in [0.1, 0.15) is 31.2 Å². The van der Waals surface area contributed by atoms with Crippen LogP contribution in [-0.4, -0.2) is 18.8 Å². The third kappa shape index (κ3) is 3.62. The largest absolute Gasteiger partial charge is 0.378 e. The molecule has 2 unspecified atom stereocenters. The van der Waals surface area contributed by atoms with Crippen LogP contribution in [-0.2, 0) is 11.2 Å². The van der Waals surface area contributed by atoms with Crippen molar-refractivity contribution in [3.05, 3.63) is 35.9 Å². The molecule has 0 saturated carbocycles. The summed E-state index contributed by atoms with van der Waals surface area (Å²) in [6.45, 7) is 0.919. The molecule has 2 heteroatoms. The molecular weight excluding hydrogens is 198 g/mol. The van der Waals surface area contributed by atoms with E-state index in [2.05, 4.69) is 24.3 Å². The van der Waals surface area contributed by atoms with Crippen LogP contribution in [0.4, 0.5) is 0 Å². The SMILES string of the molecule is NC(Cc1ccccc1)CC1CCCCO1. The van der Waals surface area contributed by atoms with Gasteiger partial charge in [-0.05, 0) is 37.7 Å². The summed E-state index contributed by atoms with van der Waals surface area (Å²) in [6, 6.07) is 10.7. The fourth-order valence-corrected chi connectivity index (χ4v) is 2.33. The quantitative estimate of drug-likeness (QED) is 0.844. The summed E-state index contributed by atoms with van der Waals surface area (Å²) in [6.07, 6.45) is 6.04. The van der Waals surface area contributed by atoms with Crippen LogP contribution in [0.5, 0.6) is 0 Å². The second-order valence-corrected chi connectivity index (χ2v) is 4.67. The van der Waals surface area contributed by atoms with E-state index in [4.69, 9.17) is 10.5 Å². The minimum absolute atomic E-state index is 0.227. The smallest absolute Gasteiger partial charge is 0.0590 e. The first-order valence-electron chi connectivity index (χ1n) is 6.25. The van der Waals surface area contributed by atoms with Crippen LogP contribution in [0.2, 0.25) is 0 Å². The molecule has 1 saturated heterocycles. The number of hydrogen-bond donors (Lipinski definition) is 1. The molecule has 2 N–H and O–H groups in total. The van der Waals surface area contributed by atoms with Gasteiger partial charge in [-0.1, -0.05) is 30.3 Å². The first kappa shape index (κ1) is 11.6. The molecule has 2 atom stereocenters. The minimum atomic E-state index is 0.227. The highest BCUT2D eigenvalue weighted by molar-refractivity contribution is 5.15. The highest BCUT2D eigenvalue weighted by Crippen LogP contribution is 2.17. The Kier molecular flexibility index (Phi) is 4.37. The molecule has 1 aromatic carbocycles. The fraction of sp³-hybridized carbons (Fsp3) is 0.571. The van der Waals surface area contributed by atoms with E-state index in [1.54, 1.807) is 0 Å². The second-order valence-electron chi connectivity index (χ2n) is 4.67. The van der Waals surface area contributed by atoms with Gasteiger partial charge in [0.15, 0.2) is 0 Å². The van der Waals surface area contributed by atoms with Crippen molar-refractivity contribution in [1.29, 1.82) is 0 Å². The van der Waals surface area contributed by atoms with E-state index in [1.807, 2.05) is 6.07 Å². The average Bonchev–Trinajstić information content (AvgIpc) is 2.31. The summed E-state index contributed by atoms with van der Waals surface area (Å²) >= 11 is 0. The van der Waals surface area contributed by atoms with Gasteiger partial charge in [0.25, 0.3) is 0 Å². The molecule has 1 aliphatic rings. The van der Waals surface area contributed by atoms with Gasteiger partial charge < -0.3 is 10.5 Å². The standard InChI is InChI=1S/C14H21NO/c15-13(10-12-6-2-1-3-7-12)11-14-8-4-5-9-16-14/h1-3,6-7,13-14H,4-5,8-11,15H2. The van der Waals surface area contributed by atoms with Crippen LogP contribution in [0.3, 0.4) is 0 Å². The molecule has 2 nitrogen and oxygen atoms in total. The summed E-state index contributed by atoms with van der Waals surface area (Å²) in [5.74, 6) is 0. The van der Waals surface area contributed by atoms with Crippen LogP contribution in [0.25, 0.3) is 0 Å². The molecule has 2 rings (SSSR count). The zero-order valence-electron chi connectivity index (χ0n) is 9.77. The Balaban J connectivity index is 1.77. The van der Waals surface area contributed by atoms with E-state index in [9.17, 15) is 0 Å². The molecule has 1 aromatic rings. The highest BCUT2D eigenvalue weighted by atomic mass is 16.5. The molecule has 0 bridgehead atoms. The molecule has 1 heterocycles. The lowest BCUT2D eigenvalue weighted by Gasteiger charge is -2.25. The lowest BCUT2D eigenvalue weighted by atomic mass is 9.97. The van der Waals surface area contributed by atoms with Gasteiger partial charge in [0.1, 0.15) is 0 Å². The van der Waals surface area contributed by atoms with Gasteiger partial charge in [-0.25, -0.2) is 0 Å². The molecule has 0 aliphatic carbocycles. The van der Waals surface area contributed by atoms with Crippen LogP contribution in [0, 0.1) is 0 Å². The maximum absolute atomic E-state index is 6.16. The molecule has 0 spiro atoms. The van der Waals surface area contributed by atoms with Crippen molar-refractivity contribution in [2.24, 2.45) is 5.73 Å². The van der Waals surface area contributed by atoms with Crippen molar-refractivity contribution < 1.29 is 4.74 Å². The van der Waals surface area contributed by atoms with E-state index in [1.165, 1.54) is 24.8 Å². The topological polar surface area (TPSA) is 35.2 Å². The molecule has 0 aromatic heterocycles. The van der Waals surface area contributed by atoms with Gasteiger partial charge in [-0.2, -0.15) is 0 Å². The Morgan fingerprint density at radius 1 is 1.25 bits per heavy atom. The predicted octanol–water partition coefficient (Wildman–Crippen LogP) is 2.52. The number of hydrogen-bond acceptors (Lipinski definition) is 2. The number of ether oxygens (including phenoxy) is 1. The van der Waals surface area contributed by atoms with E-state index in [0.717, 1.165) is 19.4 Å². The van der Waals surface area contributed by atoms with Crippen molar-refractivity contribution >= 4 is 0 Å². The maximum Gasteiger partial charge on any atom is 0.0590 e. The Morgan fingerprint density at radius 3 is 2.75 bits per heavy atom. The van der Waals surface area contributed by atoms with Crippen molar-refractivity contribution in [1.82, 2.24) is 0 Å². The molecule has 0 amide bonds. The second kappa shape index (κ2) is 6.02. The Morgan fingerprint density at radius 2 is 2.06 bits per heavy atom. The van der Waals surface area contributed by atoms with E-state index in [0.29, 0.717) is 6.10 Å². The van der Waals surface area contributed by atoms with Gasteiger partial charge in [0, 0.05) is 12.6 Å². The van der Waals surface area contributed by atoms with Gasteiger partial charge in [0.2, 0.25) is 0 Å². The third-order valence-electron chi connectivity index (χ3n) is 3.18. The molecule has 16 heavy (non-hydrogen) atoms. The zero-order chi connectivity index (χ0) is 11.2. The number of nitrogens with two attached hydrogens (primary N) is 1. The van der Waals surface area contributed by atoms with E-state index >= 15 is 0 Å². The van der Waals surface area contributed by atoms with Crippen molar-refractivity contribution in [3.8, 4) is 0 Å². The lowest BCUT2D eigenvalue weighted by Crippen LogP contribution is -2.31. The van der Waals surface area contributed by atoms with Gasteiger partial charge >= 0.3 is 0 Å². The van der Waals surface area contributed by atoms with Crippen molar-refractivity contribution in [2.75, 3.05) is 6.61 Å². The summed E-state index contributed by atoms with van der Waals surface area (Å²) in [5.41, 5.74) is 7.48. The van der Waals surface area contributed by atoms with Gasteiger partial charge in [0.05, 0.1) is 6.10 Å². The van der Waals surface area contributed by atoms with Gasteiger partial charge in [-0.15, -0.1) is 0 Å². The zero-order valence-corrected chi connectivity index (χ0v) is 9.77. The third-order valence-corrected chi connectivity index (χ3v) is 3.18. The van der Waals surface area contributed by atoms with Crippen LogP contribution >= 0.6 is 0 Å². The normalized spacial score (nSPS) is 22.9. The summed E-state index contributed by atoms with van der Waals surface area (Å²) in [5, 5.41) is 0. The molecular formula is C14H21NO. The highest BCUT2D eigenvalue weighted by Gasteiger charge is 2.17. The van der Waals surface area contributed by atoms with Crippen LogP contribution in [0.15, 0.2) is 30.3 Å². The Bertz CT molecular complexity index is 293. The summed E-state index contributed by atoms with van der Waals surface area (Å²) in [7, 11) is 0. The molecule has 88 valence electrons. The lowest BCUT2D eigenvalue weighted by molar-refractivity contribution is 0.00747. The number of rotatable bonds is 4. The molecule has 1 fully saturated rings. The van der Waals surface area contributed by atoms with Crippen molar-refractivity contribution in [2.45, 2.75) is 44.2 Å². The monoisotopic (exact) mass is 219 g/mol. The first-order valence-corrected chi connectivity index (χ1v) is 6.25. The van der Waals surface area contributed by atoms with Gasteiger partial charge in [-0.3, -0.25) is 0 Å². The van der Waals surface area contributed by atoms with E-state index < -0.39 is 0 Å². The Hall–Kier alpha value is -0.860. The van der Waals surface area contributed by atoms with Crippen molar-refractivity contribution in [3.63, 3.8) is 0 Å². The minimum Gasteiger partial charge on any atom is -0.378 e. The summed E-state index contributed by atoms with van der Waals surface area (Å²) in [4.78, 5) is 0. The Labute approximate surface area is 97.8 Å². The summed E-state index contributed by atoms with van der Waals surface area (Å²) < 4.78 is 5.71. The fourth-order valence-electron chi connectivity index (χ4n) is 2.33. The maximum atomic E-state index is 6.16. The average molecular weight is 219 g/mol. The van der Waals surface area contributed by atoms with E-state index in [-0.39, 0.29) is 6.04 Å². The molecule has 0 radical (unpaired) electrons.